The van der Waals surface area contributed by atoms with E-state index in [4.69, 9.17) is 18.9 Å². The lowest BCUT2D eigenvalue weighted by molar-refractivity contribution is -0.194. The van der Waals surface area contributed by atoms with Gasteiger partial charge in [0.25, 0.3) is 0 Å². The Morgan fingerprint density at radius 3 is 2.57 bits per heavy atom. The van der Waals surface area contributed by atoms with Gasteiger partial charge in [0.15, 0.2) is 0 Å². The smallest absolute Gasteiger partial charge is 0.146 e. The molecule has 1 unspecified atom stereocenters. The zero-order valence-corrected chi connectivity index (χ0v) is 9.15. The maximum Gasteiger partial charge on any atom is 0.146 e. The molecule has 0 aromatic carbocycles. The molecule has 2 bridgehead atoms. The fourth-order valence-corrected chi connectivity index (χ4v) is 2.66. The Bertz CT molecular complexity index is 220. The van der Waals surface area contributed by atoms with E-state index in [-0.39, 0.29) is 24.4 Å². The molecule has 82 valence electrons. The van der Waals surface area contributed by atoms with E-state index in [1.807, 2.05) is 13.8 Å². The maximum absolute atomic E-state index is 5.93. The minimum atomic E-state index is -0.409. The lowest BCUT2D eigenvalue weighted by Gasteiger charge is -2.34. The van der Waals surface area contributed by atoms with Crippen molar-refractivity contribution >= 4 is 0 Å². The minimum Gasteiger partial charge on any atom is -0.381 e. The van der Waals surface area contributed by atoms with Crippen LogP contribution in [0.3, 0.4) is 0 Å². The van der Waals surface area contributed by atoms with Gasteiger partial charge in [0, 0.05) is 14.2 Å². The lowest BCUT2D eigenvalue weighted by Crippen LogP contribution is -2.50. The summed E-state index contributed by atoms with van der Waals surface area (Å²) in [4.78, 5) is 0. The third kappa shape index (κ3) is 1.15. The maximum atomic E-state index is 5.93. The third-order valence-electron chi connectivity index (χ3n) is 3.32. The van der Waals surface area contributed by atoms with Crippen LogP contribution in [0.4, 0.5) is 0 Å². The van der Waals surface area contributed by atoms with E-state index >= 15 is 0 Å². The molecule has 2 rings (SSSR count). The summed E-state index contributed by atoms with van der Waals surface area (Å²) in [5.41, 5.74) is -0.409. The molecule has 0 aliphatic carbocycles. The summed E-state index contributed by atoms with van der Waals surface area (Å²) in [5.74, 6) is 0. The molecule has 2 heterocycles. The summed E-state index contributed by atoms with van der Waals surface area (Å²) >= 11 is 0. The Balaban J connectivity index is 2.25. The molecule has 4 heteroatoms. The van der Waals surface area contributed by atoms with E-state index in [0.717, 1.165) is 0 Å². The van der Waals surface area contributed by atoms with Gasteiger partial charge in [0.1, 0.15) is 17.8 Å². The van der Waals surface area contributed by atoms with Gasteiger partial charge in [-0.2, -0.15) is 0 Å². The molecule has 0 amide bonds. The first kappa shape index (κ1) is 10.4. The Morgan fingerprint density at radius 1 is 1.29 bits per heavy atom. The first-order valence-corrected chi connectivity index (χ1v) is 5.00. The highest BCUT2D eigenvalue weighted by molar-refractivity contribution is 5.11. The van der Waals surface area contributed by atoms with Gasteiger partial charge in [0.05, 0.1) is 18.8 Å². The number of ether oxygens (including phenoxy) is 4. The summed E-state index contributed by atoms with van der Waals surface area (Å²) in [6, 6.07) is 0. The molecule has 0 radical (unpaired) electrons. The van der Waals surface area contributed by atoms with E-state index in [1.54, 1.807) is 14.2 Å². The number of rotatable bonds is 3. The van der Waals surface area contributed by atoms with Crippen LogP contribution >= 0.6 is 0 Å². The monoisotopic (exact) mass is 202 g/mol. The standard InChI is InChI=1S/C10H18O4/c1-6-8-9(12-4)10(14-6,5-11-3)7(2)13-8/h6-9H,5H2,1-4H3/t6-,7?,8-,9-,10-/m0/s1. The average Bonchev–Trinajstić information content (AvgIpc) is 2.54. The van der Waals surface area contributed by atoms with Gasteiger partial charge >= 0.3 is 0 Å². The summed E-state index contributed by atoms with van der Waals surface area (Å²) in [7, 11) is 3.37. The van der Waals surface area contributed by atoms with E-state index in [1.165, 1.54) is 0 Å². The van der Waals surface area contributed by atoms with Crippen molar-refractivity contribution in [3.05, 3.63) is 0 Å². The molecule has 2 aliphatic rings. The molecule has 2 fully saturated rings. The summed E-state index contributed by atoms with van der Waals surface area (Å²) in [5, 5.41) is 0. The Morgan fingerprint density at radius 2 is 2.00 bits per heavy atom. The number of hydrogen-bond acceptors (Lipinski definition) is 4. The Hall–Kier alpha value is -0.160. The molecule has 2 aliphatic heterocycles. The van der Waals surface area contributed by atoms with Crippen LogP contribution in [0, 0.1) is 0 Å². The highest BCUT2D eigenvalue weighted by atomic mass is 16.7. The number of hydrogen-bond donors (Lipinski definition) is 0. The second-order valence-corrected chi connectivity index (χ2v) is 4.11. The molecule has 2 saturated heterocycles. The highest BCUT2D eigenvalue weighted by Crippen LogP contribution is 2.45. The van der Waals surface area contributed by atoms with Crippen molar-refractivity contribution < 1.29 is 18.9 Å². The number of fused-ring (bicyclic) bond motifs is 2. The summed E-state index contributed by atoms with van der Waals surface area (Å²) in [6.45, 7) is 4.55. The summed E-state index contributed by atoms with van der Waals surface area (Å²) in [6.07, 6.45) is 0.164. The van der Waals surface area contributed by atoms with Gasteiger partial charge in [0.2, 0.25) is 0 Å². The zero-order valence-electron chi connectivity index (χ0n) is 9.15. The average molecular weight is 202 g/mol. The van der Waals surface area contributed by atoms with Crippen LogP contribution in [0.1, 0.15) is 13.8 Å². The Kier molecular flexibility index (Phi) is 2.55. The molecule has 0 aromatic rings. The molecule has 0 N–H and O–H groups in total. The van der Waals surface area contributed by atoms with Crippen molar-refractivity contribution in [2.45, 2.75) is 43.9 Å². The van der Waals surface area contributed by atoms with Crippen molar-refractivity contribution in [3.8, 4) is 0 Å². The van der Waals surface area contributed by atoms with Crippen molar-refractivity contribution in [2.75, 3.05) is 20.8 Å². The van der Waals surface area contributed by atoms with Crippen molar-refractivity contribution in [2.24, 2.45) is 0 Å². The normalized spacial score (nSPS) is 51.4. The molecular formula is C10H18O4. The first-order chi connectivity index (χ1) is 6.65. The largest absolute Gasteiger partial charge is 0.381 e. The van der Waals surface area contributed by atoms with Gasteiger partial charge in [-0.3, -0.25) is 0 Å². The van der Waals surface area contributed by atoms with E-state index in [0.29, 0.717) is 6.61 Å². The lowest BCUT2D eigenvalue weighted by atomic mass is 9.94. The topological polar surface area (TPSA) is 36.9 Å². The minimum absolute atomic E-state index is 0.00699. The van der Waals surface area contributed by atoms with Crippen LogP contribution in [0.15, 0.2) is 0 Å². The van der Waals surface area contributed by atoms with Gasteiger partial charge in [-0.25, -0.2) is 0 Å². The third-order valence-corrected chi connectivity index (χ3v) is 3.32. The van der Waals surface area contributed by atoms with E-state index in [2.05, 4.69) is 0 Å². The van der Waals surface area contributed by atoms with Crippen LogP contribution in [-0.2, 0) is 18.9 Å². The zero-order chi connectivity index (χ0) is 10.3. The molecular weight excluding hydrogens is 184 g/mol. The fourth-order valence-electron chi connectivity index (χ4n) is 2.66. The Labute approximate surface area is 84.5 Å². The van der Waals surface area contributed by atoms with Crippen LogP contribution in [0.25, 0.3) is 0 Å². The van der Waals surface area contributed by atoms with Crippen molar-refractivity contribution in [3.63, 3.8) is 0 Å². The van der Waals surface area contributed by atoms with Gasteiger partial charge in [-0.05, 0) is 13.8 Å². The molecule has 5 atom stereocenters. The quantitative estimate of drug-likeness (QED) is 0.671. The van der Waals surface area contributed by atoms with Gasteiger partial charge in [-0.15, -0.1) is 0 Å². The number of methoxy groups -OCH3 is 2. The van der Waals surface area contributed by atoms with Gasteiger partial charge < -0.3 is 18.9 Å². The van der Waals surface area contributed by atoms with E-state index in [9.17, 15) is 0 Å². The molecule has 14 heavy (non-hydrogen) atoms. The van der Waals surface area contributed by atoms with Crippen LogP contribution < -0.4 is 0 Å². The van der Waals surface area contributed by atoms with Crippen molar-refractivity contribution in [1.29, 1.82) is 0 Å². The molecule has 0 aromatic heterocycles. The predicted molar refractivity (Wildman–Crippen MR) is 50.3 cm³/mol. The second kappa shape index (κ2) is 3.45. The molecule has 0 spiro atoms. The van der Waals surface area contributed by atoms with E-state index < -0.39 is 5.60 Å². The van der Waals surface area contributed by atoms with Crippen molar-refractivity contribution in [1.82, 2.24) is 0 Å². The first-order valence-electron chi connectivity index (χ1n) is 5.00. The SMILES string of the molecule is COC[C@]12O[C@@H](C)[C@H](OC1C)[C@@H]2OC. The van der Waals surface area contributed by atoms with Crippen LogP contribution in [0.5, 0.6) is 0 Å². The second-order valence-electron chi connectivity index (χ2n) is 4.11. The van der Waals surface area contributed by atoms with Gasteiger partial charge in [-0.1, -0.05) is 0 Å². The fraction of sp³-hybridized carbons (Fsp3) is 1.00. The predicted octanol–water partition coefficient (Wildman–Crippen LogP) is 0.593. The van der Waals surface area contributed by atoms with Crippen LogP contribution in [0.2, 0.25) is 0 Å². The molecule has 4 nitrogen and oxygen atoms in total. The summed E-state index contributed by atoms with van der Waals surface area (Å²) < 4.78 is 22.4. The van der Waals surface area contributed by atoms with Crippen LogP contribution in [-0.4, -0.2) is 50.8 Å². The highest BCUT2D eigenvalue weighted by Gasteiger charge is 2.64. The molecule has 0 saturated carbocycles.